The monoisotopic (exact) mass is 253 g/mol. The molecule has 1 aliphatic heterocycles. The summed E-state index contributed by atoms with van der Waals surface area (Å²) in [6.07, 6.45) is 2.40. The van der Waals surface area contributed by atoms with Crippen molar-refractivity contribution in [2.75, 3.05) is 13.2 Å². The Bertz CT molecular complexity index is 344. The number of thiophene rings is 1. The SMILES string of the molecule is Cc1ccsc1C(C)NC(C)C1CCOCC1. The van der Waals surface area contributed by atoms with Gasteiger partial charge in [-0.25, -0.2) is 0 Å². The van der Waals surface area contributed by atoms with Crippen LogP contribution in [0.15, 0.2) is 11.4 Å². The lowest BCUT2D eigenvalue weighted by molar-refractivity contribution is 0.0547. The zero-order chi connectivity index (χ0) is 12.3. The van der Waals surface area contributed by atoms with Crippen LogP contribution in [-0.4, -0.2) is 19.3 Å². The van der Waals surface area contributed by atoms with Crippen molar-refractivity contribution in [1.82, 2.24) is 5.32 Å². The molecule has 1 aliphatic rings. The lowest BCUT2D eigenvalue weighted by atomic mass is 9.92. The fraction of sp³-hybridized carbons (Fsp3) is 0.714. The van der Waals surface area contributed by atoms with Gasteiger partial charge in [-0.05, 0) is 56.5 Å². The first-order valence-electron chi connectivity index (χ1n) is 6.56. The molecule has 2 unspecified atom stereocenters. The van der Waals surface area contributed by atoms with Crippen LogP contribution in [0, 0.1) is 12.8 Å². The minimum absolute atomic E-state index is 0.466. The summed E-state index contributed by atoms with van der Waals surface area (Å²) in [6.45, 7) is 8.65. The summed E-state index contributed by atoms with van der Waals surface area (Å²) in [5.41, 5.74) is 1.41. The Morgan fingerprint density at radius 2 is 2.06 bits per heavy atom. The fourth-order valence-electron chi connectivity index (χ4n) is 2.65. The molecule has 1 saturated heterocycles. The van der Waals surface area contributed by atoms with Crippen LogP contribution in [0.2, 0.25) is 0 Å². The van der Waals surface area contributed by atoms with E-state index in [1.54, 1.807) is 0 Å². The Morgan fingerprint density at radius 1 is 1.35 bits per heavy atom. The van der Waals surface area contributed by atoms with Gasteiger partial charge >= 0.3 is 0 Å². The Morgan fingerprint density at radius 3 is 2.65 bits per heavy atom. The van der Waals surface area contributed by atoms with Crippen molar-refractivity contribution in [3.05, 3.63) is 21.9 Å². The molecule has 96 valence electrons. The summed E-state index contributed by atoms with van der Waals surface area (Å²) in [4.78, 5) is 1.48. The van der Waals surface area contributed by atoms with Gasteiger partial charge in [0, 0.05) is 30.2 Å². The van der Waals surface area contributed by atoms with E-state index in [9.17, 15) is 0 Å². The quantitative estimate of drug-likeness (QED) is 0.886. The van der Waals surface area contributed by atoms with Crippen LogP contribution in [0.4, 0.5) is 0 Å². The largest absolute Gasteiger partial charge is 0.381 e. The minimum atomic E-state index is 0.466. The maximum absolute atomic E-state index is 5.42. The van der Waals surface area contributed by atoms with E-state index in [0.717, 1.165) is 19.1 Å². The molecule has 1 aromatic heterocycles. The molecule has 0 saturated carbocycles. The second-order valence-electron chi connectivity index (χ2n) is 5.09. The molecule has 0 aliphatic carbocycles. The first-order chi connectivity index (χ1) is 8.18. The van der Waals surface area contributed by atoms with Gasteiger partial charge in [-0.1, -0.05) is 0 Å². The first kappa shape index (κ1) is 13.1. The Kier molecular flexibility index (Phi) is 4.60. The number of hydrogen-bond donors (Lipinski definition) is 1. The van der Waals surface area contributed by atoms with E-state index >= 15 is 0 Å². The van der Waals surface area contributed by atoms with Crippen molar-refractivity contribution >= 4 is 11.3 Å². The molecule has 1 N–H and O–H groups in total. The van der Waals surface area contributed by atoms with Gasteiger partial charge in [-0.15, -0.1) is 11.3 Å². The highest BCUT2D eigenvalue weighted by atomic mass is 32.1. The summed E-state index contributed by atoms with van der Waals surface area (Å²) in [5, 5.41) is 5.93. The molecule has 17 heavy (non-hydrogen) atoms. The second kappa shape index (κ2) is 5.98. The van der Waals surface area contributed by atoms with Crippen molar-refractivity contribution in [2.45, 2.75) is 45.7 Å². The normalized spacial score (nSPS) is 21.4. The predicted octanol–water partition coefficient (Wildman–Crippen LogP) is 3.52. The third kappa shape index (κ3) is 3.30. The molecule has 0 spiro atoms. The van der Waals surface area contributed by atoms with E-state index in [1.807, 2.05) is 11.3 Å². The molecule has 2 rings (SSSR count). The first-order valence-corrected chi connectivity index (χ1v) is 7.44. The average molecular weight is 253 g/mol. The van der Waals surface area contributed by atoms with Crippen LogP contribution in [-0.2, 0) is 4.74 Å². The number of rotatable bonds is 4. The van der Waals surface area contributed by atoms with Gasteiger partial charge in [-0.2, -0.15) is 0 Å². The van der Waals surface area contributed by atoms with Gasteiger partial charge in [-0.3, -0.25) is 0 Å². The standard InChI is InChI=1S/C14H23NOS/c1-10-6-9-17-14(10)12(3)15-11(2)13-4-7-16-8-5-13/h6,9,11-13,15H,4-5,7-8H2,1-3H3. The Balaban J connectivity index is 1.89. The summed E-state index contributed by atoms with van der Waals surface area (Å²) in [7, 11) is 0. The van der Waals surface area contributed by atoms with Gasteiger partial charge < -0.3 is 10.1 Å². The minimum Gasteiger partial charge on any atom is -0.381 e. The third-order valence-corrected chi connectivity index (χ3v) is 4.98. The Hall–Kier alpha value is -0.380. The molecule has 2 nitrogen and oxygen atoms in total. The highest BCUT2D eigenvalue weighted by molar-refractivity contribution is 7.10. The van der Waals surface area contributed by atoms with E-state index in [0.29, 0.717) is 12.1 Å². The van der Waals surface area contributed by atoms with Gasteiger partial charge in [0.2, 0.25) is 0 Å². The van der Waals surface area contributed by atoms with Crippen LogP contribution >= 0.6 is 11.3 Å². The molecule has 0 radical (unpaired) electrons. The molecule has 3 heteroatoms. The van der Waals surface area contributed by atoms with Crippen molar-refractivity contribution in [2.24, 2.45) is 5.92 Å². The predicted molar refractivity (Wildman–Crippen MR) is 73.6 cm³/mol. The van der Waals surface area contributed by atoms with Crippen LogP contribution in [0.3, 0.4) is 0 Å². The highest BCUT2D eigenvalue weighted by Gasteiger charge is 2.22. The van der Waals surface area contributed by atoms with Gasteiger partial charge in [0.05, 0.1) is 0 Å². The van der Waals surface area contributed by atoms with Crippen LogP contribution in [0.5, 0.6) is 0 Å². The van der Waals surface area contributed by atoms with Crippen LogP contribution in [0.25, 0.3) is 0 Å². The number of ether oxygens (including phenoxy) is 1. The van der Waals surface area contributed by atoms with Gasteiger partial charge in [0.1, 0.15) is 0 Å². The van der Waals surface area contributed by atoms with Crippen molar-refractivity contribution in [3.8, 4) is 0 Å². The van der Waals surface area contributed by atoms with E-state index in [-0.39, 0.29) is 0 Å². The summed E-state index contributed by atoms with van der Waals surface area (Å²) < 4.78 is 5.42. The molecule has 1 aromatic rings. The zero-order valence-corrected chi connectivity index (χ0v) is 11.8. The molecule has 2 heterocycles. The van der Waals surface area contributed by atoms with E-state index < -0.39 is 0 Å². The van der Waals surface area contributed by atoms with Gasteiger partial charge in [0.15, 0.2) is 0 Å². The lowest BCUT2D eigenvalue weighted by Gasteiger charge is -2.30. The number of hydrogen-bond acceptors (Lipinski definition) is 3. The average Bonchev–Trinajstić information content (AvgIpc) is 2.76. The fourth-order valence-corrected chi connectivity index (χ4v) is 3.59. The van der Waals surface area contributed by atoms with Gasteiger partial charge in [0.25, 0.3) is 0 Å². The summed E-state index contributed by atoms with van der Waals surface area (Å²) in [6, 6.07) is 3.25. The summed E-state index contributed by atoms with van der Waals surface area (Å²) in [5.74, 6) is 0.770. The molecule has 0 bridgehead atoms. The number of nitrogens with one attached hydrogen (secondary N) is 1. The van der Waals surface area contributed by atoms with Crippen LogP contribution in [0.1, 0.15) is 43.2 Å². The molecular formula is C14H23NOS. The van der Waals surface area contributed by atoms with Crippen molar-refractivity contribution < 1.29 is 4.74 Å². The zero-order valence-electron chi connectivity index (χ0n) is 11.0. The molecule has 0 aromatic carbocycles. The number of aryl methyl sites for hydroxylation is 1. The molecule has 0 amide bonds. The third-order valence-electron chi connectivity index (χ3n) is 3.78. The van der Waals surface area contributed by atoms with Crippen LogP contribution < -0.4 is 5.32 Å². The molecular weight excluding hydrogens is 230 g/mol. The second-order valence-corrected chi connectivity index (χ2v) is 6.04. The smallest absolute Gasteiger partial charge is 0.0469 e. The van der Waals surface area contributed by atoms with Crippen molar-refractivity contribution in [3.63, 3.8) is 0 Å². The molecule has 2 atom stereocenters. The lowest BCUT2D eigenvalue weighted by Crippen LogP contribution is -2.38. The van der Waals surface area contributed by atoms with E-state index in [4.69, 9.17) is 4.74 Å². The Labute approximate surface area is 108 Å². The maximum atomic E-state index is 5.42. The topological polar surface area (TPSA) is 21.3 Å². The summed E-state index contributed by atoms with van der Waals surface area (Å²) >= 11 is 1.86. The van der Waals surface area contributed by atoms with Crippen molar-refractivity contribution in [1.29, 1.82) is 0 Å². The maximum Gasteiger partial charge on any atom is 0.0469 e. The molecule has 1 fully saturated rings. The highest BCUT2D eigenvalue weighted by Crippen LogP contribution is 2.26. The van der Waals surface area contributed by atoms with E-state index in [2.05, 4.69) is 37.5 Å². The van der Waals surface area contributed by atoms with E-state index in [1.165, 1.54) is 23.3 Å².